The van der Waals surface area contributed by atoms with Gasteiger partial charge >= 0.3 is 5.97 Å². The molecule has 0 aromatic heterocycles. The van der Waals surface area contributed by atoms with Gasteiger partial charge in [-0.1, -0.05) is 101 Å². The van der Waals surface area contributed by atoms with E-state index in [1.54, 1.807) is 24.3 Å². The summed E-state index contributed by atoms with van der Waals surface area (Å²) >= 11 is 4.75. The lowest BCUT2D eigenvalue weighted by molar-refractivity contribution is -0.139. The minimum absolute atomic E-state index is 0.00221. The second-order valence-corrected chi connectivity index (χ2v) is 12.6. The van der Waals surface area contributed by atoms with Gasteiger partial charge < -0.3 is 9.84 Å². The molecule has 2 atom stereocenters. The number of nitrogens with one attached hydrogen (secondary N) is 1. The third-order valence-corrected chi connectivity index (χ3v) is 9.25. The molecule has 0 fully saturated rings. The summed E-state index contributed by atoms with van der Waals surface area (Å²) in [5.74, 6) is -0.767. The largest absolute Gasteiger partial charge is 0.480 e. The van der Waals surface area contributed by atoms with Gasteiger partial charge in [-0.2, -0.15) is 4.72 Å². The molecule has 6 nitrogen and oxygen atoms in total. The normalized spacial score (nSPS) is 13.1. The van der Waals surface area contributed by atoms with Crippen LogP contribution in [0, 0.1) is 0 Å². The monoisotopic (exact) mass is 625 g/mol. The van der Waals surface area contributed by atoms with Crippen LogP contribution in [-0.2, 0) is 26.2 Å². The van der Waals surface area contributed by atoms with Crippen molar-refractivity contribution in [2.24, 2.45) is 0 Å². The minimum atomic E-state index is -4.12. The number of hydrogen-bond acceptors (Lipinski definition) is 5. The Morgan fingerprint density at radius 1 is 0.846 bits per heavy atom. The summed E-state index contributed by atoms with van der Waals surface area (Å²) in [7, 11) is -4.12. The Hall–Kier alpha value is -2.95. The highest BCUT2D eigenvalue weighted by atomic mass is 79.9. The standard InChI is InChI=1S/C30H28BrNO5S2/c31-26-15-11-23(12-16-26)24-13-17-27(18-14-24)39(35,36)32-28(30(33)34)29(25-9-5-2-6-10-25)38-20-19-37-21-22-7-3-1-4-8-22/h1-18,28-29,32H,19-21H2,(H,33,34)/t28-,29-/m1/s1. The highest BCUT2D eigenvalue weighted by Gasteiger charge is 2.34. The summed E-state index contributed by atoms with van der Waals surface area (Å²) in [5.41, 5.74) is 3.55. The number of sulfonamides is 1. The lowest BCUT2D eigenvalue weighted by Crippen LogP contribution is -2.44. The molecular formula is C30H28BrNO5S2. The minimum Gasteiger partial charge on any atom is -0.480 e. The number of carbonyl (C=O) groups is 1. The fourth-order valence-corrected chi connectivity index (χ4v) is 6.72. The number of ether oxygens (including phenoxy) is 1. The molecular weight excluding hydrogens is 598 g/mol. The van der Waals surface area contributed by atoms with Crippen LogP contribution in [0.5, 0.6) is 0 Å². The van der Waals surface area contributed by atoms with Crippen molar-refractivity contribution in [3.05, 3.63) is 125 Å². The fourth-order valence-electron chi connectivity index (χ4n) is 3.97. The van der Waals surface area contributed by atoms with Crippen molar-refractivity contribution >= 4 is 43.7 Å². The van der Waals surface area contributed by atoms with Crippen LogP contribution in [0.3, 0.4) is 0 Å². The second kappa shape index (κ2) is 13.9. The van der Waals surface area contributed by atoms with E-state index in [-0.39, 0.29) is 4.90 Å². The van der Waals surface area contributed by atoms with Crippen LogP contribution in [0.15, 0.2) is 119 Å². The molecule has 4 rings (SSSR count). The van der Waals surface area contributed by atoms with Crippen molar-refractivity contribution in [2.45, 2.75) is 22.8 Å². The van der Waals surface area contributed by atoms with Crippen LogP contribution in [0.1, 0.15) is 16.4 Å². The molecule has 0 aliphatic heterocycles. The number of benzene rings is 4. The average Bonchev–Trinajstić information content (AvgIpc) is 2.95. The van der Waals surface area contributed by atoms with E-state index in [1.807, 2.05) is 72.8 Å². The zero-order valence-corrected chi connectivity index (χ0v) is 24.2. The zero-order chi connectivity index (χ0) is 27.7. The molecule has 0 unspecified atom stereocenters. The Kier molecular flexibility index (Phi) is 10.4. The van der Waals surface area contributed by atoms with Crippen molar-refractivity contribution in [3.63, 3.8) is 0 Å². The SMILES string of the molecule is O=C(O)[C@H](NS(=O)(=O)c1ccc(-c2ccc(Br)cc2)cc1)[C@H](SCCOCc1ccccc1)c1ccccc1. The van der Waals surface area contributed by atoms with Crippen molar-refractivity contribution in [3.8, 4) is 11.1 Å². The predicted molar refractivity (Wildman–Crippen MR) is 159 cm³/mol. The van der Waals surface area contributed by atoms with E-state index in [0.717, 1.165) is 21.2 Å². The molecule has 0 saturated heterocycles. The molecule has 0 aliphatic rings. The molecule has 4 aromatic carbocycles. The van der Waals surface area contributed by atoms with Crippen molar-refractivity contribution in [1.29, 1.82) is 0 Å². The molecule has 0 heterocycles. The van der Waals surface area contributed by atoms with Gasteiger partial charge in [0.2, 0.25) is 10.0 Å². The van der Waals surface area contributed by atoms with Gasteiger partial charge in [0.25, 0.3) is 0 Å². The van der Waals surface area contributed by atoms with Gasteiger partial charge in [0.05, 0.1) is 23.4 Å². The van der Waals surface area contributed by atoms with Crippen molar-refractivity contribution in [2.75, 3.05) is 12.4 Å². The Balaban J connectivity index is 1.48. The Morgan fingerprint density at radius 3 is 2.00 bits per heavy atom. The summed E-state index contributed by atoms with van der Waals surface area (Å²) in [6, 6.07) is 31.5. The van der Waals surface area contributed by atoms with Crippen LogP contribution in [0.4, 0.5) is 0 Å². The van der Waals surface area contributed by atoms with Gasteiger partial charge in [-0.25, -0.2) is 8.42 Å². The van der Waals surface area contributed by atoms with Gasteiger partial charge in [-0.05, 0) is 46.5 Å². The maximum absolute atomic E-state index is 13.3. The Bertz CT molecular complexity index is 1450. The Morgan fingerprint density at radius 2 is 1.41 bits per heavy atom. The number of carboxylic acid groups (broad SMARTS) is 1. The zero-order valence-electron chi connectivity index (χ0n) is 20.9. The van der Waals surface area contributed by atoms with E-state index in [0.29, 0.717) is 24.5 Å². The van der Waals surface area contributed by atoms with Crippen LogP contribution < -0.4 is 4.72 Å². The quantitative estimate of drug-likeness (QED) is 0.164. The van der Waals surface area contributed by atoms with Crippen LogP contribution in [-0.4, -0.2) is 37.9 Å². The van der Waals surface area contributed by atoms with Crippen molar-refractivity contribution in [1.82, 2.24) is 4.72 Å². The number of aliphatic carboxylic acids is 1. The number of thioether (sulfide) groups is 1. The summed E-state index contributed by atoms with van der Waals surface area (Å²) < 4.78 is 35.7. The van der Waals surface area contributed by atoms with Crippen LogP contribution in [0.25, 0.3) is 11.1 Å². The molecule has 0 spiro atoms. The van der Waals surface area contributed by atoms with Crippen molar-refractivity contribution < 1.29 is 23.1 Å². The molecule has 0 radical (unpaired) electrons. The number of halogens is 1. The van der Waals surface area contributed by atoms with E-state index in [1.165, 1.54) is 23.9 Å². The molecule has 9 heteroatoms. The van der Waals surface area contributed by atoms with E-state index < -0.39 is 27.3 Å². The van der Waals surface area contributed by atoms with Crippen LogP contribution >= 0.6 is 27.7 Å². The first-order valence-corrected chi connectivity index (χ1v) is 15.6. The summed E-state index contributed by atoms with van der Waals surface area (Å²) in [5, 5.41) is 9.44. The molecule has 202 valence electrons. The number of rotatable bonds is 13. The molecule has 0 aliphatic carbocycles. The fraction of sp³-hybridized carbons (Fsp3) is 0.167. The molecule has 39 heavy (non-hydrogen) atoms. The highest BCUT2D eigenvalue weighted by molar-refractivity contribution is 9.10. The maximum Gasteiger partial charge on any atom is 0.323 e. The number of hydrogen-bond donors (Lipinski definition) is 2. The third kappa shape index (κ3) is 8.27. The second-order valence-electron chi connectivity index (χ2n) is 8.71. The molecule has 4 aromatic rings. The summed E-state index contributed by atoms with van der Waals surface area (Å²) in [6.07, 6.45) is 0. The van der Waals surface area contributed by atoms with Crippen LogP contribution in [0.2, 0.25) is 0 Å². The first-order chi connectivity index (χ1) is 18.8. The average molecular weight is 627 g/mol. The molecule has 0 saturated carbocycles. The number of carboxylic acids is 1. The lowest BCUT2D eigenvalue weighted by atomic mass is 10.1. The Labute approximate surface area is 241 Å². The predicted octanol–water partition coefficient (Wildman–Crippen LogP) is 6.54. The smallest absolute Gasteiger partial charge is 0.323 e. The molecule has 0 bridgehead atoms. The molecule has 2 N–H and O–H groups in total. The topological polar surface area (TPSA) is 92.7 Å². The van der Waals surface area contributed by atoms with Gasteiger partial charge in [-0.3, -0.25) is 4.79 Å². The lowest BCUT2D eigenvalue weighted by Gasteiger charge is -2.25. The summed E-state index contributed by atoms with van der Waals surface area (Å²) in [6.45, 7) is 0.835. The molecule has 0 amide bonds. The van der Waals surface area contributed by atoms with E-state index in [2.05, 4.69) is 20.7 Å². The highest BCUT2D eigenvalue weighted by Crippen LogP contribution is 2.33. The van der Waals surface area contributed by atoms with Gasteiger partial charge in [0, 0.05) is 10.2 Å². The maximum atomic E-state index is 13.3. The van der Waals surface area contributed by atoms with Gasteiger partial charge in [-0.15, -0.1) is 11.8 Å². The van der Waals surface area contributed by atoms with E-state index in [9.17, 15) is 18.3 Å². The van der Waals surface area contributed by atoms with Gasteiger partial charge in [0.1, 0.15) is 6.04 Å². The third-order valence-electron chi connectivity index (χ3n) is 5.96. The first kappa shape index (κ1) is 29.0. The van der Waals surface area contributed by atoms with Gasteiger partial charge in [0.15, 0.2) is 0 Å². The van der Waals surface area contributed by atoms with E-state index in [4.69, 9.17) is 4.74 Å². The van der Waals surface area contributed by atoms with E-state index >= 15 is 0 Å². The summed E-state index contributed by atoms with van der Waals surface area (Å²) in [4.78, 5) is 12.4. The first-order valence-electron chi connectivity index (χ1n) is 12.2.